The van der Waals surface area contributed by atoms with Crippen molar-refractivity contribution in [3.05, 3.63) is 39.5 Å². The quantitative estimate of drug-likeness (QED) is 0.590. The first-order chi connectivity index (χ1) is 10.4. The van der Waals surface area contributed by atoms with Crippen LogP contribution in [0.15, 0.2) is 36.7 Å². The molecule has 22 heavy (non-hydrogen) atoms. The summed E-state index contributed by atoms with van der Waals surface area (Å²) in [6.07, 6.45) is -3.25. The minimum atomic E-state index is -4.69. The summed E-state index contributed by atoms with van der Waals surface area (Å²) >= 11 is 3.73. The Balaban J connectivity index is 1.83. The molecule has 0 bridgehead atoms. The fraction of sp³-hybridized carbons (Fsp3) is 0.0769. The minimum absolute atomic E-state index is 0.268. The van der Waals surface area contributed by atoms with E-state index in [4.69, 9.17) is 0 Å². The number of fused-ring (bicyclic) bond motifs is 1. The van der Waals surface area contributed by atoms with Crippen LogP contribution in [0.4, 0.5) is 24.7 Å². The van der Waals surface area contributed by atoms with Gasteiger partial charge < -0.3 is 10.1 Å². The van der Waals surface area contributed by atoms with Crippen molar-refractivity contribution in [1.29, 1.82) is 0 Å². The first-order valence-electron chi connectivity index (χ1n) is 5.93. The van der Waals surface area contributed by atoms with Crippen molar-refractivity contribution in [2.24, 2.45) is 0 Å². The zero-order chi connectivity index (χ0) is 15.7. The van der Waals surface area contributed by atoms with E-state index in [1.165, 1.54) is 41.9 Å². The standard InChI is InChI=1S/C13H7F3IN3OS/c14-13(15,16)21-8-3-1-7(2-4-8)20-11-9-5-10(17)22-12(9)19-6-18-11/h1-6H,(H,18,19,20). The van der Waals surface area contributed by atoms with Crippen molar-refractivity contribution in [3.8, 4) is 5.75 Å². The first-order valence-corrected chi connectivity index (χ1v) is 7.83. The van der Waals surface area contributed by atoms with E-state index in [9.17, 15) is 13.2 Å². The highest BCUT2D eigenvalue weighted by molar-refractivity contribution is 14.1. The Kier molecular flexibility index (Phi) is 4.08. The number of hydrogen-bond donors (Lipinski definition) is 1. The predicted molar refractivity (Wildman–Crippen MR) is 86.5 cm³/mol. The molecule has 0 aliphatic rings. The lowest BCUT2D eigenvalue weighted by atomic mass is 10.3. The Morgan fingerprint density at radius 3 is 2.55 bits per heavy atom. The highest BCUT2D eigenvalue weighted by atomic mass is 127. The molecule has 9 heteroatoms. The molecule has 0 saturated heterocycles. The van der Waals surface area contributed by atoms with Crippen molar-refractivity contribution in [2.45, 2.75) is 6.36 Å². The van der Waals surface area contributed by atoms with Crippen molar-refractivity contribution in [2.75, 3.05) is 5.32 Å². The van der Waals surface area contributed by atoms with E-state index in [1.807, 2.05) is 6.07 Å². The molecule has 0 amide bonds. The molecule has 1 N–H and O–H groups in total. The zero-order valence-electron chi connectivity index (χ0n) is 10.7. The molecule has 114 valence electrons. The van der Waals surface area contributed by atoms with E-state index in [0.29, 0.717) is 11.5 Å². The van der Waals surface area contributed by atoms with E-state index < -0.39 is 6.36 Å². The van der Waals surface area contributed by atoms with Gasteiger partial charge in [-0.05, 0) is 52.9 Å². The Morgan fingerprint density at radius 1 is 1.14 bits per heavy atom. The van der Waals surface area contributed by atoms with Crippen LogP contribution in [0.1, 0.15) is 0 Å². The van der Waals surface area contributed by atoms with E-state index in [0.717, 1.165) is 13.1 Å². The summed E-state index contributed by atoms with van der Waals surface area (Å²) in [4.78, 5) is 9.19. The lowest BCUT2D eigenvalue weighted by Gasteiger charge is -2.10. The number of nitrogens with zero attached hydrogens (tertiary/aromatic N) is 2. The third-order valence-corrected chi connectivity index (χ3v) is 4.45. The van der Waals surface area contributed by atoms with Crippen LogP contribution in [-0.2, 0) is 0 Å². The van der Waals surface area contributed by atoms with Crippen LogP contribution in [0.2, 0.25) is 0 Å². The smallest absolute Gasteiger partial charge is 0.406 e. The highest BCUT2D eigenvalue weighted by Gasteiger charge is 2.30. The highest BCUT2D eigenvalue weighted by Crippen LogP contribution is 2.31. The summed E-state index contributed by atoms with van der Waals surface area (Å²) in [5.74, 6) is 0.338. The SMILES string of the molecule is FC(F)(F)Oc1ccc(Nc2ncnc3sc(I)cc23)cc1. The molecule has 3 rings (SSSR count). The Morgan fingerprint density at radius 2 is 1.86 bits per heavy atom. The molecule has 2 aromatic heterocycles. The number of aromatic nitrogens is 2. The summed E-state index contributed by atoms with van der Waals surface area (Å²) in [6.45, 7) is 0. The maximum atomic E-state index is 12.1. The molecule has 1 aromatic carbocycles. The van der Waals surface area contributed by atoms with Gasteiger partial charge in [-0.3, -0.25) is 0 Å². The Labute approximate surface area is 140 Å². The summed E-state index contributed by atoms with van der Waals surface area (Å²) in [6, 6.07) is 7.42. The number of hydrogen-bond acceptors (Lipinski definition) is 5. The number of nitrogens with one attached hydrogen (secondary N) is 1. The average molecular weight is 437 g/mol. The van der Waals surface area contributed by atoms with Gasteiger partial charge in [0.05, 0.1) is 8.27 Å². The average Bonchev–Trinajstić information content (AvgIpc) is 2.81. The van der Waals surface area contributed by atoms with E-state index >= 15 is 0 Å². The summed E-state index contributed by atoms with van der Waals surface area (Å²) in [7, 11) is 0. The summed E-state index contributed by atoms with van der Waals surface area (Å²) in [5.41, 5.74) is 0.607. The largest absolute Gasteiger partial charge is 0.573 e. The van der Waals surface area contributed by atoms with Gasteiger partial charge in [-0.1, -0.05) is 0 Å². The van der Waals surface area contributed by atoms with Gasteiger partial charge in [0, 0.05) is 5.69 Å². The van der Waals surface area contributed by atoms with Gasteiger partial charge in [-0.15, -0.1) is 24.5 Å². The Bertz CT molecular complexity index is 804. The predicted octanol–water partition coefficient (Wildman–Crippen LogP) is 4.94. The summed E-state index contributed by atoms with van der Waals surface area (Å²) < 4.78 is 41.2. The van der Waals surface area contributed by atoms with Crippen LogP contribution < -0.4 is 10.1 Å². The lowest BCUT2D eigenvalue weighted by molar-refractivity contribution is -0.274. The molecule has 0 aliphatic heterocycles. The number of thiophene rings is 1. The van der Waals surface area contributed by atoms with E-state index in [1.54, 1.807) is 0 Å². The number of benzene rings is 1. The number of alkyl halides is 3. The fourth-order valence-corrected chi connectivity index (χ4v) is 3.47. The van der Waals surface area contributed by atoms with Crippen LogP contribution in [0.5, 0.6) is 5.75 Å². The molecule has 0 unspecified atom stereocenters. The van der Waals surface area contributed by atoms with Crippen LogP contribution in [0, 0.1) is 2.88 Å². The molecule has 0 saturated carbocycles. The second-order valence-corrected chi connectivity index (χ2v) is 7.11. The van der Waals surface area contributed by atoms with Gasteiger partial charge in [0.2, 0.25) is 0 Å². The molecule has 2 heterocycles. The van der Waals surface area contributed by atoms with Gasteiger partial charge in [0.25, 0.3) is 0 Å². The topological polar surface area (TPSA) is 47.0 Å². The normalized spacial score (nSPS) is 11.6. The van der Waals surface area contributed by atoms with E-state index in [-0.39, 0.29) is 5.75 Å². The van der Waals surface area contributed by atoms with Crippen LogP contribution in [0.3, 0.4) is 0 Å². The third-order valence-electron chi connectivity index (χ3n) is 2.65. The van der Waals surface area contributed by atoms with Crippen molar-refractivity contribution < 1.29 is 17.9 Å². The van der Waals surface area contributed by atoms with Gasteiger partial charge in [-0.2, -0.15) is 0 Å². The molecule has 0 atom stereocenters. The van der Waals surface area contributed by atoms with Crippen molar-refractivity contribution in [3.63, 3.8) is 0 Å². The maximum absolute atomic E-state index is 12.1. The number of halogens is 4. The molecule has 0 radical (unpaired) electrons. The molecule has 0 aliphatic carbocycles. The minimum Gasteiger partial charge on any atom is -0.406 e. The Hall–Kier alpha value is -1.62. The molecular formula is C13H7F3IN3OS. The second kappa shape index (κ2) is 5.88. The molecule has 0 fully saturated rings. The maximum Gasteiger partial charge on any atom is 0.573 e. The van der Waals surface area contributed by atoms with Crippen LogP contribution in [-0.4, -0.2) is 16.3 Å². The first kappa shape index (κ1) is 15.3. The van der Waals surface area contributed by atoms with Gasteiger partial charge in [0.15, 0.2) is 0 Å². The second-order valence-electron chi connectivity index (χ2n) is 4.19. The monoisotopic (exact) mass is 437 g/mol. The van der Waals surface area contributed by atoms with Crippen molar-refractivity contribution in [1.82, 2.24) is 9.97 Å². The number of rotatable bonds is 3. The van der Waals surface area contributed by atoms with E-state index in [2.05, 4.69) is 42.6 Å². The number of ether oxygens (including phenoxy) is 1. The van der Waals surface area contributed by atoms with Gasteiger partial charge >= 0.3 is 6.36 Å². The molecule has 4 nitrogen and oxygen atoms in total. The molecular weight excluding hydrogens is 430 g/mol. The lowest BCUT2D eigenvalue weighted by Crippen LogP contribution is -2.16. The summed E-state index contributed by atoms with van der Waals surface area (Å²) in [5, 5.41) is 3.93. The third kappa shape index (κ3) is 3.58. The van der Waals surface area contributed by atoms with Crippen molar-refractivity contribution >= 4 is 55.6 Å². The zero-order valence-corrected chi connectivity index (χ0v) is 13.7. The molecule has 3 aromatic rings. The fourth-order valence-electron chi connectivity index (χ4n) is 1.80. The number of anilines is 2. The molecule has 0 spiro atoms. The van der Waals surface area contributed by atoms with Gasteiger partial charge in [0.1, 0.15) is 22.7 Å². The van der Waals surface area contributed by atoms with Crippen LogP contribution >= 0.6 is 33.9 Å². The van der Waals surface area contributed by atoms with Gasteiger partial charge in [-0.25, -0.2) is 9.97 Å². The van der Waals surface area contributed by atoms with Crippen LogP contribution in [0.25, 0.3) is 10.2 Å².